The maximum absolute atomic E-state index is 5.49. The van der Waals surface area contributed by atoms with E-state index in [4.69, 9.17) is 9.72 Å². The summed E-state index contributed by atoms with van der Waals surface area (Å²) in [6, 6.07) is 15.0. The van der Waals surface area contributed by atoms with Crippen LogP contribution in [0, 0.1) is 0 Å². The van der Waals surface area contributed by atoms with E-state index in [1.54, 1.807) is 0 Å². The van der Waals surface area contributed by atoms with Gasteiger partial charge in [-0.25, -0.2) is 4.98 Å². The molecule has 0 N–H and O–H groups in total. The van der Waals surface area contributed by atoms with E-state index in [-0.39, 0.29) is 0 Å². The molecule has 0 unspecified atom stereocenters. The van der Waals surface area contributed by atoms with Gasteiger partial charge in [0.25, 0.3) is 0 Å². The summed E-state index contributed by atoms with van der Waals surface area (Å²) < 4.78 is 7.75. The van der Waals surface area contributed by atoms with E-state index >= 15 is 0 Å². The highest BCUT2D eigenvalue weighted by Gasteiger charge is 2.22. The number of hydrogen-bond acceptors (Lipinski definition) is 3. The van der Waals surface area contributed by atoms with E-state index in [0.29, 0.717) is 6.10 Å². The summed E-state index contributed by atoms with van der Waals surface area (Å²) in [6.07, 6.45) is 4.73. The van der Waals surface area contributed by atoms with Crippen molar-refractivity contribution in [3.05, 3.63) is 48.7 Å². The van der Waals surface area contributed by atoms with E-state index in [0.717, 1.165) is 44.1 Å². The number of nitrogens with zero attached hydrogens (tertiary/aromatic N) is 3. The standard InChI is InChI=1S/C21H25N3O/c1-3-23-15-20(24-13-11-17(25-2)12-14-24)22-21(23)19-10-6-8-16-7-4-5-9-18(16)19/h4-10,15,17H,3,11-14H2,1-2H3. The summed E-state index contributed by atoms with van der Waals surface area (Å²) in [4.78, 5) is 7.41. The van der Waals surface area contributed by atoms with Gasteiger partial charge < -0.3 is 14.2 Å². The van der Waals surface area contributed by atoms with Crippen LogP contribution in [0.3, 0.4) is 0 Å². The first-order chi connectivity index (χ1) is 12.3. The van der Waals surface area contributed by atoms with E-state index in [2.05, 4.69) is 65.1 Å². The molecule has 4 heteroatoms. The predicted octanol–water partition coefficient (Wildman–Crippen LogP) is 4.34. The van der Waals surface area contributed by atoms with E-state index < -0.39 is 0 Å². The normalized spacial score (nSPS) is 15.8. The van der Waals surface area contributed by atoms with Crippen LogP contribution in [0.2, 0.25) is 0 Å². The third-order valence-corrected chi connectivity index (χ3v) is 5.23. The van der Waals surface area contributed by atoms with Crippen LogP contribution in [0.25, 0.3) is 22.2 Å². The molecular weight excluding hydrogens is 310 g/mol. The lowest BCUT2D eigenvalue weighted by Crippen LogP contribution is -2.36. The Kier molecular flexibility index (Phi) is 4.45. The molecule has 1 aromatic heterocycles. The average Bonchev–Trinajstić information content (AvgIpc) is 3.12. The van der Waals surface area contributed by atoms with E-state index in [1.165, 1.54) is 16.3 Å². The molecule has 3 aromatic rings. The zero-order valence-electron chi connectivity index (χ0n) is 15.0. The second-order valence-electron chi connectivity index (χ2n) is 6.66. The molecule has 0 aliphatic carbocycles. The third kappa shape index (κ3) is 3.02. The summed E-state index contributed by atoms with van der Waals surface area (Å²) in [6.45, 7) is 5.11. The molecule has 4 rings (SSSR count). The number of hydrogen-bond donors (Lipinski definition) is 0. The SMILES string of the molecule is CCn1cc(N2CCC(OC)CC2)nc1-c1cccc2ccccc12. The summed E-state index contributed by atoms with van der Waals surface area (Å²) in [5.41, 5.74) is 1.21. The number of piperidine rings is 1. The lowest BCUT2D eigenvalue weighted by Gasteiger charge is -2.31. The van der Waals surface area contributed by atoms with Gasteiger partial charge in [0.2, 0.25) is 0 Å². The summed E-state index contributed by atoms with van der Waals surface area (Å²) in [5.74, 6) is 2.14. The second-order valence-corrected chi connectivity index (χ2v) is 6.66. The van der Waals surface area contributed by atoms with Crippen molar-refractivity contribution in [2.75, 3.05) is 25.1 Å². The minimum absolute atomic E-state index is 0.391. The Bertz CT molecular complexity index is 857. The minimum Gasteiger partial charge on any atom is -0.381 e. The molecule has 1 aliphatic heterocycles. The van der Waals surface area contributed by atoms with Crippen molar-refractivity contribution in [2.24, 2.45) is 0 Å². The maximum atomic E-state index is 5.49. The quantitative estimate of drug-likeness (QED) is 0.710. The molecule has 0 radical (unpaired) electrons. The summed E-state index contributed by atoms with van der Waals surface area (Å²) in [5, 5.41) is 2.52. The highest BCUT2D eigenvalue weighted by atomic mass is 16.5. The van der Waals surface area contributed by atoms with Crippen LogP contribution in [0.5, 0.6) is 0 Å². The number of ether oxygens (including phenoxy) is 1. The van der Waals surface area contributed by atoms with Crippen molar-refractivity contribution in [1.29, 1.82) is 0 Å². The van der Waals surface area contributed by atoms with Gasteiger partial charge in [0.15, 0.2) is 0 Å². The first kappa shape index (κ1) is 16.2. The highest BCUT2D eigenvalue weighted by molar-refractivity contribution is 5.95. The Labute approximate surface area is 149 Å². The smallest absolute Gasteiger partial charge is 0.147 e. The van der Waals surface area contributed by atoms with E-state index in [9.17, 15) is 0 Å². The number of imidazole rings is 1. The van der Waals surface area contributed by atoms with Gasteiger partial charge in [0, 0.05) is 38.5 Å². The van der Waals surface area contributed by atoms with Gasteiger partial charge in [-0.3, -0.25) is 0 Å². The summed E-state index contributed by atoms with van der Waals surface area (Å²) in [7, 11) is 1.81. The number of benzene rings is 2. The number of aryl methyl sites for hydroxylation is 1. The zero-order chi connectivity index (χ0) is 17.2. The van der Waals surface area contributed by atoms with Crippen molar-refractivity contribution in [2.45, 2.75) is 32.4 Å². The van der Waals surface area contributed by atoms with Gasteiger partial charge >= 0.3 is 0 Å². The minimum atomic E-state index is 0.391. The van der Waals surface area contributed by atoms with Gasteiger partial charge in [0.05, 0.1) is 6.10 Å². The molecule has 0 atom stereocenters. The van der Waals surface area contributed by atoms with Crippen LogP contribution < -0.4 is 4.90 Å². The molecule has 130 valence electrons. The fourth-order valence-corrected chi connectivity index (χ4v) is 3.75. The lowest BCUT2D eigenvalue weighted by atomic mass is 10.0. The van der Waals surface area contributed by atoms with Gasteiger partial charge in [0.1, 0.15) is 11.6 Å². The Hall–Kier alpha value is -2.33. The molecule has 0 saturated carbocycles. The second kappa shape index (κ2) is 6.89. The number of fused-ring (bicyclic) bond motifs is 1. The highest BCUT2D eigenvalue weighted by Crippen LogP contribution is 2.30. The first-order valence-electron chi connectivity index (χ1n) is 9.13. The predicted molar refractivity (Wildman–Crippen MR) is 103 cm³/mol. The Morgan fingerprint density at radius 3 is 2.60 bits per heavy atom. The molecule has 0 amide bonds. The van der Waals surface area contributed by atoms with Gasteiger partial charge in [-0.2, -0.15) is 0 Å². The molecule has 0 spiro atoms. The number of aromatic nitrogens is 2. The molecule has 1 aliphatic rings. The van der Waals surface area contributed by atoms with Crippen LogP contribution in [-0.4, -0.2) is 35.9 Å². The topological polar surface area (TPSA) is 30.3 Å². The molecule has 25 heavy (non-hydrogen) atoms. The van der Waals surface area contributed by atoms with Crippen molar-refractivity contribution in [3.8, 4) is 11.4 Å². The fraction of sp³-hybridized carbons (Fsp3) is 0.381. The Morgan fingerprint density at radius 2 is 1.84 bits per heavy atom. The lowest BCUT2D eigenvalue weighted by molar-refractivity contribution is 0.0818. The van der Waals surface area contributed by atoms with Gasteiger partial charge in [-0.15, -0.1) is 0 Å². The van der Waals surface area contributed by atoms with Crippen LogP contribution in [0.15, 0.2) is 48.7 Å². The van der Waals surface area contributed by atoms with Gasteiger partial charge in [-0.05, 0) is 30.5 Å². The first-order valence-corrected chi connectivity index (χ1v) is 9.13. The maximum Gasteiger partial charge on any atom is 0.147 e. The van der Waals surface area contributed by atoms with Gasteiger partial charge in [-0.1, -0.05) is 42.5 Å². The molecular formula is C21H25N3O. The molecule has 1 saturated heterocycles. The Balaban J connectivity index is 1.72. The van der Waals surface area contributed by atoms with Crippen molar-refractivity contribution in [3.63, 3.8) is 0 Å². The fourth-order valence-electron chi connectivity index (χ4n) is 3.75. The van der Waals surface area contributed by atoms with E-state index in [1.807, 2.05) is 7.11 Å². The van der Waals surface area contributed by atoms with Crippen LogP contribution in [-0.2, 0) is 11.3 Å². The largest absolute Gasteiger partial charge is 0.381 e. The van der Waals surface area contributed by atoms with Crippen molar-refractivity contribution >= 4 is 16.6 Å². The number of rotatable bonds is 4. The monoisotopic (exact) mass is 335 g/mol. The molecule has 0 bridgehead atoms. The molecule has 2 aromatic carbocycles. The third-order valence-electron chi connectivity index (χ3n) is 5.23. The molecule has 4 nitrogen and oxygen atoms in total. The summed E-state index contributed by atoms with van der Waals surface area (Å²) >= 11 is 0. The number of anilines is 1. The van der Waals surface area contributed by atoms with Crippen molar-refractivity contribution < 1.29 is 4.74 Å². The van der Waals surface area contributed by atoms with Crippen LogP contribution in [0.4, 0.5) is 5.82 Å². The Morgan fingerprint density at radius 1 is 1.08 bits per heavy atom. The molecule has 2 heterocycles. The van der Waals surface area contributed by atoms with Crippen molar-refractivity contribution in [1.82, 2.24) is 9.55 Å². The molecule has 1 fully saturated rings. The average molecular weight is 335 g/mol. The number of methoxy groups -OCH3 is 1. The zero-order valence-corrected chi connectivity index (χ0v) is 15.0. The van der Waals surface area contributed by atoms with Crippen LogP contribution >= 0.6 is 0 Å². The van der Waals surface area contributed by atoms with Crippen LogP contribution in [0.1, 0.15) is 19.8 Å².